The summed E-state index contributed by atoms with van der Waals surface area (Å²) in [7, 11) is 4.22. The number of nitrogens with one attached hydrogen (secondary N) is 1. The second-order valence-electron chi connectivity index (χ2n) is 6.97. The molecular formula is C20H25N3O. The third kappa shape index (κ3) is 3.66. The fourth-order valence-corrected chi connectivity index (χ4v) is 3.23. The maximum Gasteiger partial charge on any atom is 0.245 e. The van der Waals surface area contributed by atoms with E-state index in [0.29, 0.717) is 5.41 Å². The average molecular weight is 323 g/mol. The van der Waals surface area contributed by atoms with E-state index in [9.17, 15) is 4.79 Å². The van der Waals surface area contributed by atoms with Gasteiger partial charge in [0, 0.05) is 17.6 Å². The van der Waals surface area contributed by atoms with Crippen molar-refractivity contribution in [2.75, 3.05) is 26.0 Å². The fraction of sp³-hybridized carbons (Fsp3) is 0.350. The molecule has 2 aromatic rings. The molecular weight excluding hydrogens is 298 g/mol. The normalized spacial score (nSPS) is 16.7. The first kappa shape index (κ1) is 16.7. The summed E-state index contributed by atoms with van der Waals surface area (Å²) in [4.78, 5) is 14.5. The molecule has 1 atom stereocenters. The van der Waals surface area contributed by atoms with Crippen molar-refractivity contribution in [2.24, 2.45) is 5.73 Å². The van der Waals surface area contributed by atoms with Crippen LogP contribution >= 0.6 is 0 Å². The molecule has 126 valence electrons. The molecule has 3 rings (SSSR count). The first-order chi connectivity index (χ1) is 11.5. The van der Waals surface area contributed by atoms with Gasteiger partial charge in [0.25, 0.3) is 0 Å². The summed E-state index contributed by atoms with van der Waals surface area (Å²) in [5.41, 5.74) is 9.28. The molecule has 0 heterocycles. The highest BCUT2D eigenvalue weighted by Crippen LogP contribution is 2.48. The van der Waals surface area contributed by atoms with Crippen LogP contribution in [0.15, 0.2) is 54.6 Å². The van der Waals surface area contributed by atoms with Gasteiger partial charge >= 0.3 is 0 Å². The quantitative estimate of drug-likeness (QED) is 0.859. The maximum absolute atomic E-state index is 12.3. The standard InChI is InChI=1S/C20H25N3O/c1-23(2)14-20(12-13-20)16-8-10-17(11-9-16)22-19(24)18(21)15-6-4-3-5-7-15/h3-11,18H,12-14,21H2,1-2H3,(H,22,24). The number of rotatable bonds is 6. The SMILES string of the molecule is CN(C)CC1(c2ccc(NC(=O)C(N)c3ccccc3)cc2)CC1. The summed E-state index contributed by atoms with van der Waals surface area (Å²) >= 11 is 0. The summed E-state index contributed by atoms with van der Waals surface area (Å²) in [6, 6.07) is 17.0. The van der Waals surface area contributed by atoms with Crippen molar-refractivity contribution in [3.63, 3.8) is 0 Å². The number of anilines is 1. The van der Waals surface area contributed by atoms with Crippen LogP contribution < -0.4 is 11.1 Å². The van der Waals surface area contributed by atoms with Crippen molar-refractivity contribution in [3.05, 3.63) is 65.7 Å². The maximum atomic E-state index is 12.3. The molecule has 24 heavy (non-hydrogen) atoms. The Bertz CT molecular complexity index is 691. The van der Waals surface area contributed by atoms with Crippen molar-refractivity contribution in [2.45, 2.75) is 24.3 Å². The second kappa shape index (κ2) is 6.75. The zero-order chi connectivity index (χ0) is 17.2. The predicted octanol–water partition coefficient (Wildman–Crippen LogP) is 2.92. The minimum atomic E-state index is -0.658. The molecule has 0 bridgehead atoms. The number of hydrogen-bond donors (Lipinski definition) is 2. The highest BCUT2D eigenvalue weighted by molar-refractivity contribution is 5.95. The lowest BCUT2D eigenvalue weighted by molar-refractivity contribution is -0.117. The van der Waals surface area contributed by atoms with Crippen molar-refractivity contribution in [1.82, 2.24) is 4.90 Å². The van der Waals surface area contributed by atoms with E-state index in [4.69, 9.17) is 5.73 Å². The highest BCUT2D eigenvalue weighted by atomic mass is 16.2. The van der Waals surface area contributed by atoms with Crippen molar-refractivity contribution in [1.29, 1.82) is 0 Å². The van der Waals surface area contributed by atoms with Crippen LogP contribution in [0, 0.1) is 0 Å². The number of nitrogens with zero attached hydrogens (tertiary/aromatic N) is 1. The molecule has 1 aliphatic rings. The van der Waals surface area contributed by atoms with Crippen LogP contribution in [0.1, 0.15) is 30.0 Å². The number of benzene rings is 2. The second-order valence-corrected chi connectivity index (χ2v) is 6.97. The Morgan fingerprint density at radius 3 is 2.29 bits per heavy atom. The van der Waals surface area contributed by atoms with Crippen molar-refractivity contribution < 1.29 is 4.79 Å². The molecule has 1 amide bonds. The van der Waals surface area contributed by atoms with Crippen LogP contribution in [0.25, 0.3) is 0 Å². The monoisotopic (exact) mass is 323 g/mol. The predicted molar refractivity (Wildman–Crippen MR) is 97.9 cm³/mol. The Morgan fingerprint density at radius 1 is 1.12 bits per heavy atom. The van der Waals surface area contributed by atoms with E-state index in [2.05, 4.69) is 36.4 Å². The van der Waals surface area contributed by atoms with Crippen LogP contribution in [0.4, 0.5) is 5.69 Å². The summed E-state index contributed by atoms with van der Waals surface area (Å²) in [6.07, 6.45) is 2.46. The Hall–Kier alpha value is -2.17. The zero-order valence-electron chi connectivity index (χ0n) is 14.3. The molecule has 1 unspecified atom stereocenters. The van der Waals surface area contributed by atoms with E-state index in [1.807, 2.05) is 42.5 Å². The van der Waals surface area contributed by atoms with Gasteiger partial charge in [-0.3, -0.25) is 4.79 Å². The lowest BCUT2D eigenvalue weighted by atomic mass is 9.95. The minimum absolute atomic E-state index is 0.191. The van der Waals surface area contributed by atoms with E-state index >= 15 is 0 Å². The van der Waals surface area contributed by atoms with Crippen molar-refractivity contribution in [3.8, 4) is 0 Å². The molecule has 1 fully saturated rings. The molecule has 4 nitrogen and oxygen atoms in total. The molecule has 0 aromatic heterocycles. The van der Waals surface area contributed by atoms with Gasteiger partial charge in [0.15, 0.2) is 0 Å². The van der Waals surface area contributed by atoms with Gasteiger partial charge in [-0.2, -0.15) is 0 Å². The van der Waals surface area contributed by atoms with Gasteiger partial charge in [0.2, 0.25) is 5.91 Å². The van der Waals surface area contributed by atoms with Gasteiger partial charge in [-0.05, 0) is 50.2 Å². The molecule has 4 heteroatoms. The molecule has 3 N–H and O–H groups in total. The van der Waals surface area contributed by atoms with Gasteiger partial charge in [0.05, 0.1) is 0 Å². The zero-order valence-corrected chi connectivity index (χ0v) is 14.3. The minimum Gasteiger partial charge on any atom is -0.324 e. The van der Waals surface area contributed by atoms with E-state index in [-0.39, 0.29) is 5.91 Å². The summed E-state index contributed by atoms with van der Waals surface area (Å²) in [5, 5.41) is 2.91. The first-order valence-electron chi connectivity index (χ1n) is 8.37. The topological polar surface area (TPSA) is 58.4 Å². The highest BCUT2D eigenvalue weighted by Gasteiger charge is 2.44. The lowest BCUT2D eigenvalue weighted by Crippen LogP contribution is -2.28. The average Bonchev–Trinajstić information content (AvgIpc) is 3.35. The van der Waals surface area contributed by atoms with E-state index in [1.54, 1.807) is 0 Å². The molecule has 0 spiro atoms. The number of carbonyl (C=O) groups excluding carboxylic acids is 1. The van der Waals surface area contributed by atoms with Crippen LogP contribution in [-0.4, -0.2) is 31.4 Å². The Labute approximate surface area is 143 Å². The van der Waals surface area contributed by atoms with Crippen LogP contribution in [0.3, 0.4) is 0 Å². The van der Waals surface area contributed by atoms with Crippen LogP contribution in [-0.2, 0) is 10.2 Å². The van der Waals surface area contributed by atoms with E-state index in [0.717, 1.165) is 17.8 Å². The Balaban J connectivity index is 1.65. The molecule has 1 aliphatic carbocycles. The Kier molecular flexibility index (Phi) is 4.69. The van der Waals surface area contributed by atoms with E-state index < -0.39 is 6.04 Å². The summed E-state index contributed by atoms with van der Waals surface area (Å²) in [6.45, 7) is 1.07. The van der Waals surface area contributed by atoms with Crippen molar-refractivity contribution >= 4 is 11.6 Å². The smallest absolute Gasteiger partial charge is 0.245 e. The largest absolute Gasteiger partial charge is 0.324 e. The third-order valence-electron chi connectivity index (χ3n) is 4.68. The van der Waals surface area contributed by atoms with Gasteiger partial charge < -0.3 is 16.0 Å². The van der Waals surface area contributed by atoms with Gasteiger partial charge in [-0.1, -0.05) is 42.5 Å². The van der Waals surface area contributed by atoms with Gasteiger partial charge in [-0.15, -0.1) is 0 Å². The molecule has 0 radical (unpaired) electrons. The van der Waals surface area contributed by atoms with E-state index in [1.165, 1.54) is 18.4 Å². The lowest BCUT2D eigenvalue weighted by Gasteiger charge is -2.21. The molecule has 0 aliphatic heterocycles. The molecule has 1 saturated carbocycles. The van der Waals surface area contributed by atoms with Crippen LogP contribution in [0.5, 0.6) is 0 Å². The number of hydrogen-bond acceptors (Lipinski definition) is 3. The fourth-order valence-electron chi connectivity index (χ4n) is 3.23. The number of amides is 1. The number of likely N-dealkylation sites (N-methyl/N-ethyl adjacent to an activating group) is 1. The van der Waals surface area contributed by atoms with Gasteiger partial charge in [0.1, 0.15) is 6.04 Å². The van der Waals surface area contributed by atoms with Gasteiger partial charge in [-0.25, -0.2) is 0 Å². The number of nitrogens with two attached hydrogens (primary N) is 1. The Morgan fingerprint density at radius 2 is 1.75 bits per heavy atom. The molecule has 0 saturated heterocycles. The first-order valence-corrected chi connectivity index (χ1v) is 8.37. The summed E-state index contributed by atoms with van der Waals surface area (Å²) < 4.78 is 0. The third-order valence-corrected chi connectivity index (χ3v) is 4.68. The summed E-state index contributed by atoms with van der Waals surface area (Å²) in [5.74, 6) is -0.191. The molecule has 2 aromatic carbocycles. The van der Waals surface area contributed by atoms with Crippen LogP contribution in [0.2, 0.25) is 0 Å². The number of carbonyl (C=O) groups is 1.